The van der Waals surface area contributed by atoms with Crippen LogP contribution in [0.25, 0.3) is 28.0 Å². The van der Waals surface area contributed by atoms with Gasteiger partial charge in [-0.05, 0) is 90.5 Å². The lowest BCUT2D eigenvalue weighted by Crippen LogP contribution is -2.40. The lowest BCUT2D eigenvalue weighted by atomic mass is 9.55. The third-order valence-electron chi connectivity index (χ3n) is 12.1. The van der Waals surface area contributed by atoms with Crippen LogP contribution in [0.2, 0.25) is 0 Å². The standard InChI is InChI=1S/C51H39N3/c1-50(2)41-21-8-10-23-43(41)51(44-24-11-9-22-42(44)50)40-20-7-6-18-39(40)48-38(19-13-25-45(48)51)34-26-28-35(29-27-34)46-31-47(37-17-12-14-33(30-37)32-52)54-49(53-46)36-15-4-3-5-16-36/h3-31,47,49,53-54H,1-2H3. The van der Waals surface area contributed by atoms with Crippen LogP contribution in [-0.2, 0) is 10.8 Å². The smallest absolute Gasteiger partial charge is 0.104 e. The maximum atomic E-state index is 9.63. The SMILES string of the molecule is CC1(C)c2ccccc2C2(c3ccccc3-c3c(-c4ccc(C5=CC(c6cccc(C#N)c6)NC(c6ccccc6)N5)cc4)cccc32)c2ccccc21. The average Bonchev–Trinajstić information content (AvgIpc) is 3.54. The molecule has 3 aliphatic rings. The minimum absolute atomic E-state index is 0.0734. The van der Waals surface area contributed by atoms with Gasteiger partial charge in [0.1, 0.15) is 6.17 Å². The average molecular weight is 694 g/mol. The molecule has 2 atom stereocenters. The normalized spacial score (nSPS) is 18.3. The van der Waals surface area contributed by atoms with Crippen molar-refractivity contribution >= 4 is 5.70 Å². The molecule has 0 radical (unpaired) electrons. The first-order valence-electron chi connectivity index (χ1n) is 18.8. The minimum Gasteiger partial charge on any atom is -0.366 e. The van der Waals surface area contributed by atoms with E-state index in [0.29, 0.717) is 5.56 Å². The molecular formula is C51H39N3. The van der Waals surface area contributed by atoms with Crippen LogP contribution in [0.15, 0.2) is 176 Å². The summed E-state index contributed by atoms with van der Waals surface area (Å²) in [6.45, 7) is 4.75. The monoisotopic (exact) mass is 693 g/mol. The summed E-state index contributed by atoms with van der Waals surface area (Å²) in [4.78, 5) is 0. The van der Waals surface area contributed by atoms with E-state index in [0.717, 1.165) is 22.4 Å². The number of nitrogens with one attached hydrogen (secondary N) is 2. The Hall–Kier alpha value is -6.47. The van der Waals surface area contributed by atoms with Crippen LogP contribution in [-0.4, -0.2) is 0 Å². The van der Waals surface area contributed by atoms with E-state index in [1.807, 2.05) is 24.3 Å². The summed E-state index contributed by atoms with van der Waals surface area (Å²) in [7, 11) is 0. The van der Waals surface area contributed by atoms with Gasteiger partial charge in [0.15, 0.2) is 0 Å². The molecule has 3 heteroatoms. The van der Waals surface area contributed by atoms with E-state index in [2.05, 4.69) is 182 Å². The van der Waals surface area contributed by atoms with E-state index >= 15 is 0 Å². The molecule has 3 nitrogen and oxygen atoms in total. The van der Waals surface area contributed by atoms with Crippen molar-refractivity contribution in [3.63, 3.8) is 0 Å². The van der Waals surface area contributed by atoms with E-state index in [-0.39, 0.29) is 17.6 Å². The van der Waals surface area contributed by atoms with Gasteiger partial charge < -0.3 is 5.32 Å². The fourth-order valence-electron chi connectivity index (χ4n) is 9.62. The first kappa shape index (κ1) is 32.2. The Balaban J connectivity index is 1.11. The Morgan fingerprint density at radius 2 is 1.07 bits per heavy atom. The van der Waals surface area contributed by atoms with Gasteiger partial charge in [0.2, 0.25) is 0 Å². The van der Waals surface area contributed by atoms with Gasteiger partial charge in [-0.15, -0.1) is 0 Å². The molecular weight excluding hydrogens is 655 g/mol. The Labute approximate surface area is 317 Å². The Bertz CT molecular complexity index is 2610. The predicted octanol–water partition coefficient (Wildman–Crippen LogP) is 11.2. The summed E-state index contributed by atoms with van der Waals surface area (Å²) in [6, 6.07) is 63.9. The highest BCUT2D eigenvalue weighted by Crippen LogP contribution is 2.63. The molecule has 258 valence electrons. The van der Waals surface area contributed by atoms with Gasteiger partial charge in [-0.25, -0.2) is 0 Å². The highest BCUT2D eigenvalue weighted by atomic mass is 15.2. The molecule has 0 aromatic heterocycles. The van der Waals surface area contributed by atoms with Crippen LogP contribution in [0, 0.1) is 11.3 Å². The van der Waals surface area contributed by atoms with Gasteiger partial charge in [0.05, 0.1) is 23.1 Å². The van der Waals surface area contributed by atoms with Crippen LogP contribution in [0.3, 0.4) is 0 Å². The van der Waals surface area contributed by atoms with Crippen molar-refractivity contribution in [3.8, 4) is 28.3 Å². The molecule has 2 N–H and O–H groups in total. The number of nitriles is 1. The number of fused-ring (bicyclic) bond motifs is 9. The van der Waals surface area contributed by atoms with Gasteiger partial charge in [-0.3, -0.25) is 5.32 Å². The second-order valence-electron chi connectivity index (χ2n) is 15.3. The van der Waals surface area contributed by atoms with Crippen molar-refractivity contribution in [1.29, 1.82) is 5.26 Å². The van der Waals surface area contributed by atoms with E-state index in [4.69, 9.17) is 0 Å². The van der Waals surface area contributed by atoms with Crippen LogP contribution >= 0.6 is 0 Å². The Morgan fingerprint density at radius 3 is 1.78 bits per heavy atom. The van der Waals surface area contributed by atoms with Gasteiger partial charge in [-0.1, -0.05) is 172 Å². The lowest BCUT2D eigenvalue weighted by Gasteiger charge is -2.46. The first-order valence-corrected chi connectivity index (χ1v) is 18.8. The second kappa shape index (κ2) is 12.3. The maximum absolute atomic E-state index is 9.63. The van der Waals surface area contributed by atoms with E-state index in [9.17, 15) is 5.26 Å². The van der Waals surface area contributed by atoms with Gasteiger partial charge in [-0.2, -0.15) is 5.26 Å². The highest BCUT2D eigenvalue weighted by Gasteiger charge is 2.53. The molecule has 1 aliphatic heterocycles. The van der Waals surface area contributed by atoms with Crippen molar-refractivity contribution in [2.45, 2.75) is 36.9 Å². The van der Waals surface area contributed by atoms with Crippen LogP contribution in [0.4, 0.5) is 0 Å². The summed E-state index contributed by atoms with van der Waals surface area (Å²) in [5, 5.41) is 17.2. The molecule has 1 spiro atoms. The molecule has 7 aromatic carbocycles. The summed E-state index contributed by atoms with van der Waals surface area (Å²) < 4.78 is 0. The molecule has 10 rings (SSSR count). The fraction of sp³-hybridized carbons (Fsp3) is 0.118. The molecule has 0 fully saturated rings. The third-order valence-corrected chi connectivity index (χ3v) is 12.1. The van der Waals surface area contributed by atoms with E-state index in [1.165, 1.54) is 55.6 Å². The highest BCUT2D eigenvalue weighted by molar-refractivity contribution is 5.96. The van der Waals surface area contributed by atoms with Crippen LogP contribution < -0.4 is 10.6 Å². The molecule has 0 saturated heterocycles. The van der Waals surface area contributed by atoms with Crippen molar-refractivity contribution < 1.29 is 0 Å². The summed E-state index contributed by atoms with van der Waals surface area (Å²) in [6.07, 6.45) is 2.14. The molecule has 0 bridgehead atoms. The number of hydrogen-bond donors (Lipinski definition) is 2. The minimum atomic E-state index is -0.418. The predicted molar refractivity (Wildman–Crippen MR) is 219 cm³/mol. The summed E-state index contributed by atoms with van der Waals surface area (Å²) >= 11 is 0. The van der Waals surface area contributed by atoms with Gasteiger partial charge in [0.25, 0.3) is 0 Å². The van der Waals surface area contributed by atoms with Gasteiger partial charge in [0, 0.05) is 11.1 Å². The quantitative estimate of drug-likeness (QED) is 0.193. The zero-order valence-electron chi connectivity index (χ0n) is 30.3. The number of hydrogen-bond acceptors (Lipinski definition) is 3. The summed E-state index contributed by atoms with van der Waals surface area (Å²) in [5.74, 6) is 0. The zero-order valence-corrected chi connectivity index (χ0v) is 30.3. The van der Waals surface area contributed by atoms with Gasteiger partial charge >= 0.3 is 0 Å². The molecule has 7 aromatic rings. The molecule has 54 heavy (non-hydrogen) atoms. The fourth-order valence-corrected chi connectivity index (χ4v) is 9.62. The van der Waals surface area contributed by atoms with Crippen molar-refractivity contribution in [2.24, 2.45) is 0 Å². The second-order valence-corrected chi connectivity index (χ2v) is 15.3. The third kappa shape index (κ3) is 4.70. The molecule has 2 unspecified atom stereocenters. The number of nitrogens with zero attached hydrogens (tertiary/aromatic N) is 1. The molecule has 1 heterocycles. The molecule has 2 aliphatic carbocycles. The van der Waals surface area contributed by atoms with E-state index in [1.54, 1.807) is 0 Å². The Morgan fingerprint density at radius 1 is 0.519 bits per heavy atom. The zero-order chi connectivity index (χ0) is 36.4. The lowest BCUT2D eigenvalue weighted by molar-refractivity contribution is 0.442. The Kier molecular flexibility index (Phi) is 7.34. The van der Waals surface area contributed by atoms with Crippen molar-refractivity contribution in [1.82, 2.24) is 10.6 Å². The first-order chi connectivity index (χ1) is 26.5. The van der Waals surface area contributed by atoms with E-state index < -0.39 is 5.41 Å². The largest absolute Gasteiger partial charge is 0.366 e. The number of rotatable bonds is 4. The summed E-state index contributed by atoms with van der Waals surface area (Å²) in [5.41, 5.74) is 17.8. The van der Waals surface area contributed by atoms with Crippen LogP contribution in [0.5, 0.6) is 0 Å². The topological polar surface area (TPSA) is 47.9 Å². The maximum Gasteiger partial charge on any atom is 0.104 e. The van der Waals surface area contributed by atoms with Crippen molar-refractivity contribution in [3.05, 3.63) is 232 Å². The number of benzene rings is 7. The molecule has 0 saturated carbocycles. The van der Waals surface area contributed by atoms with Crippen LogP contribution in [0.1, 0.15) is 81.7 Å². The molecule has 0 amide bonds. The van der Waals surface area contributed by atoms with Crippen molar-refractivity contribution in [2.75, 3.05) is 0 Å².